The second-order valence-electron chi connectivity index (χ2n) is 3.80. The maximum absolute atomic E-state index is 11.6. The third kappa shape index (κ3) is 1.88. The Labute approximate surface area is 96.5 Å². The minimum Gasteiger partial charge on any atom is -0.312 e. The summed E-state index contributed by atoms with van der Waals surface area (Å²) in [5, 5.41) is 0. The van der Waals surface area contributed by atoms with Crippen LogP contribution in [0, 0.1) is 6.92 Å². The van der Waals surface area contributed by atoms with Gasteiger partial charge in [-0.1, -0.05) is 6.07 Å². The number of rotatable bonds is 2. The fourth-order valence-corrected chi connectivity index (χ4v) is 2.55. The van der Waals surface area contributed by atoms with Crippen molar-refractivity contribution in [2.45, 2.75) is 24.7 Å². The van der Waals surface area contributed by atoms with E-state index in [1.807, 2.05) is 6.07 Å². The normalized spacial score (nSPS) is 17.9. The number of hydrogen-bond donors (Lipinski definition) is 1. The third-order valence-electron chi connectivity index (χ3n) is 2.81. The van der Waals surface area contributed by atoms with E-state index in [1.54, 1.807) is 24.0 Å². The Kier molecular flexibility index (Phi) is 3.07. The zero-order valence-electron chi connectivity index (χ0n) is 8.97. The molecular weight excluding hydrogens is 226 g/mol. The molecule has 1 amide bonds. The predicted octanol–water partition coefficient (Wildman–Crippen LogP) is 1.70. The Hall–Kier alpha value is -1.20. The van der Waals surface area contributed by atoms with Crippen molar-refractivity contribution in [2.75, 3.05) is 11.4 Å². The molecule has 1 aromatic rings. The molecule has 1 aliphatic rings. The molecule has 0 radical (unpaired) electrons. The van der Waals surface area contributed by atoms with Gasteiger partial charge in [0.25, 0.3) is 0 Å². The highest BCUT2D eigenvalue weighted by molar-refractivity contribution is 7.79. The van der Waals surface area contributed by atoms with Crippen LogP contribution in [0.25, 0.3) is 0 Å². The molecule has 1 fully saturated rings. The molecule has 16 heavy (non-hydrogen) atoms. The van der Waals surface area contributed by atoms with E-state index in [0.29, 0.717) is 23.4 Å². The molecule has 5 heteroatoms. The molecule has 1 N–H and O–H groups in total. The fraction of sp³-hybridized carbons (Fsp3) is 0.364. The van der Waals surface area contributed by atoms with Crippen molar-refractivity contribution >= 4 is 22.7 Å². The molecule has 0 spiro atoms. The lowest BCUT2D eigenvalue weighted by molar-refractivity contribution is -0.117. The zero-order chi connectivity index (χ0) is 11.7. The number of carbonyl (C=O) groups is 1. The SMILES string of the molecule is Cc1c(N2CCCC2=O)cccc1S(=O)O. The molecule has 1 aromatic carbocycles. The van der Waals surface area contributed by atoms with E-state index in [9.17, 15) is 9.00 Å². The van der Waals surface area contributed by atoms with Crippen molar-refractivity contribution in [3.63, 3.8) is 0 Å². The van der Waals surface area contributed by atoms with Crippen molar-refractivity contribution in [1.29, 1.82) is 0 Å². The molecule has 1 saturated heterocycles. The third-order valence-corrected chi connectivity index (χ3v) is 3.63. The average Bonchev–Trinajstić information content (AvgIpc) is 2.64. The summed E-state index contributed by atoms with van der Waals surface area (Å²) in [6, 6.07) is 5.13. The molecule has 1 aliphatic heterocycles. The smallest absolute Gasteiger partial charge is 0.227 e. The quantitative estimate of drug-likeness (QED) is 0.799. The van der Waals surface area contributed by atoms with Gasteiger partial charge >= 0.3 is 0 Å². The first-order valence-corrected chi connectivity index (χ1v) is 6.23. The van der Waals surface area contributed by atoms with E-state index < -0.39 is 11.1 Å². The van der Waals surface area contributed by atoms with Crippen molar-refractivity contribution in [1.82, 2.24) is 0 Å². The summed E-state index contributed by atoms with van der Waals surface area (Å²) in [5.74, 6) is 0.0870. The molecule has 2 rings (SSSR count). The first-order chi connectivity index (χ1) is 7.61. The van der Waals surface area contributed by atoms with E-state index in [2.05, 4.69) is 0 Å². The number of amides is 1. The average molecular weight is 239 g/mol. The molecule has 0 aromatic heterocycles. The molecule has 0 saturated carbocycles. The molecule has 4 nitrogen and oxygen atoms in total. The van der Waals surface area contributed by atoms with Gasteiger partial charge in [0.05, 0.1) is 4.90 Å². The lowest BCUT2D eigenvalue weighted by Gasteiger charge is -2.19. The Morgan fingerprint density at radius 2 is 2.19 bits per heavy atom. The number of carbonyl (C=O) groups excluding carboxylic acids is 1. The van der Waals surface area contributed by atoms with Crippen LogP contribution in [0.5, 0.6) is 0 Å². The van der Waals surface area contributed by atoms with E-state index in [4.69, 9.17) is 4.55 Å². The second kappa shape index (κ2) is 4.35. The zero-order valence-corrected chi connectivity index (χ0v) is 9.79. The fourth-order valence-electron chi connectivity index (χ4n) is 1.99. The summed E-state index contributed by atoms with van der Waals surface area (Å²) in [5.41, 5.74) is 1.46. The molecular formula is C11H13NO3S. The monoisotopic (exact) mass is 239 g/mol. The van der Waals surface area contributed by atoms with Crippen LogP contribution in [-0.2, 0) is 15.9 Å². The van der Waals surface area contributed by atoms with E-state index in [-0.39, 0.29) is 5.91 Å². The van der Waals surface area contributed by atoms with Gasteiger partial charge in [-0.05, 0) is 31.0 Å². The van der Waals surface area contributed by atoms with Gasteiger partial charge in [0.15, 0.2) is 11.1 Å². The summed E-state index contributed by atoms with van der Waals surface area (Å²) in [6.45, 7) is 2.46. The Morgan fingerprint density at radius 3 is 2.75 bits per heavy atom. The molecule has 1 unspecified atom stereocenters. The van der Waals surface area contributed by atoms with E-state index in [0.717, 1.165) is 12.1 Å². The first kappa shape index (κ1) is 11.3. The predicted molar refractivity (Wildman–Crippen MR) is 61.8 cm³/mol. The first-order valence-electron chi connectivity index (χ1n) is 5.12. The lowest BCUT2D eigenvalue weighted by atomic mass is 10.2. The number of benzene rings is 1. The van der Waals surface area contributed by atoms with Crippen LogP contribution in [0.4, 0.5) is 5.69 Å². The molecule has 1 heterocycles. The van der Waals surface area contributed by atoms with Gasteiger partial charge in [0.1, 0.15) is 0 Å². The van der Waals surface area contributed by atoms with Crippen LogP contribution >= 0.6 is 0 Å². The summed E-state index contributed by atoms with van der Waals surface area (Å²) in [4.78, 5) is 13.7. The summed E-state index contributed by atoms with van der Waals surface area (Å²) >= 11 is -2.00. The second-order valence-corrected chi connectivity index (χ2v) is 4.74. The van der Waals surface area contributed by atoms with Crippen LogP contribution < -0.4 is 4.90 Å². The summed E-state index contributed by atoms with van der Waals surface area (Å²) in [6.07, 6.45) is 1.41. The van der Waals surface area contributed by atoms with Crippen molar-refractivity contribution in [3.05, 3.63) is 23.8 Å². The van der Waals surface area contributed by atoms with Crippen molar-refractivity contribution < 1.29 is 13.6 Å². The van der Waals surface area contributed by atoms with Crippen LogP contribution in [0.15, 0.2) is 23.1 Å². The van der Waals surface area contributed by atoms with Gasteiger partial charge < -0.3 is 9.45 Å². The van der Waals surface area contributed by atoms with Crippen molar-refractivity contribution in [3.8, 4) is 0 Å². The van der Waals surface area contributed by atoms with Crippen molar-refractivity contribution in [2.24, 2.45) is 0 Å². The summed E-state index contributed by atoms with van der Waals surface area (Å²) in [7, 11) is 0. The molecule has 0 aliphatic carbocycles. The van der Waals surface area contributed by atoms with Crippen LogP contribution in [0.1, 0.15) is 18.4 Å². The van der Waals surface area contributed by atoms with Gasteiger partial charge in [0, 0.05) is 18.7 Å². The molecule has 0 bridgehead atoms. The topological polar surface area (TPSA) is 57.6 Å². The van der Waals surface area contributed by atoms with Gasteiger partial charge in [0.2, 0.25) is 5.91 Å². The Balaban J connectivity index is 2.45. The molecule has 1 atom stereocenters. The number of nitrogens with zero attached hydrogens (tertiary/aromatic N) is 1. The highest BCUT2D eigenvalue weighted by Gasteiger charge is 2.24. The molecule has 86 valence electrons. The Morgan fingerprint density at radius 1 is 1.44 bits per heavy atom. The van der Waals surface area contributed by atoms with E-state index >= 15 is 0 Å². The highest BCUT2D eigenvalue weighted by atomic mass is 32.2. The highest BCUT2D eigenvalue weighted by Crippen LogP contribution is 2.28. The van der Waals surface area contributed by atoms with Crippen LogP contribution in [0.2, 0.25) is 0 Å². The van der Waals surface area contributed by atoms with E-state index in [1.165, 1.54) is 0 Å². The number of hydrogen-bond acceptors (Lipinski definition) is 2. The van der Waals surface area contributed by atoms with Gasteiger partial charge in [-0.3, -0.25) is 4.79 Å². The number of anilines is 1. The lowest BCUT2D eigenvalue weighted by Crippen LogP contribution is -2.24. The minimum absolute atomic E-state index is 0.0870. The van der Waals surface area contributed by atoms with Gasteiger partial charge in [-0.25, -0.2) is 4.21 Å². The standard InChI is InChI=1S/C11H13NO3S/c1-8-9(12-7-3-6-11(12)13)4-2-5-10(8)16(14)15/h2,4-5H,3,6-7H2,1H3,(H,14,15). The van der Waals surface area contributed by atoms with Crippen LogP contribution in [0.3, 0.4) is 0 Å². The largest absolute Gasteiger partial charge is 0.312 e. The maximum atomic E-state index is 11.6. The Bertz CT molecular complexity index is 459. The van der Waals surface area contributed by atoms with Gasteiger partial charge in [-0.15, -0.1) is 0 Å². The van der Waals surface area contributed by atoms with Crippen LogP contribution in [-0.4, -0.2) is 21.2 Å². The minimum atomic E-state index is -2.00. The maximum Gasteiger partial charge on any atom is 0.227 e. The summed E-state index contributed by atoms with van der Waals surface area (Å²) < 4.78 is 20.2. The van der Waals surface area contributed by atoms with Gasteiger partial charge in [-0.2, -0.15) is 0 Å².